The van der Waals surface area contributed by atoms with Gasteiger partial charge in [-0.3, -0.25) is 0 Å². The summed E-state index contributed by atoms with van der Waals surface area (Å²) < 4.78 is 6.61. The van der Waals surface area contributed by atoms with Gasteiger partial charge in [-0.05, 0) is 24.3 Å². The van der Waals surface area contributed by atoms with Crippen molar-refractivity contribution in [2.75, 3.05) is 6.61 Å². The Labute approximate surface area is 59.0 Å². The maximum atomic E-state index is 5.18. The van der Waals surface area contributed by atoms with Crippen molar-refractivity contribution in [1.29, 1.82) is 0 Å². The Hall–Kier alpha value is -0.970. The highest BCUT2D eigenvalue weighted by molar-refractivity contribution is 4.46. The summed E-state index contributed by atoms with van der Waals surface area (Å²) in [5.41, 5.74) is 0. The molecule has 0 aliphatic carbocycles. The van der Waals surface area contributed by atoms with Crippen molar-refractivity contribution < 1.29 is 4.74 Å². The first-order chi connectivity index (χ1) is 4.84. The van der Waals surface area contributed by atoms with E-state index < -0.39 is 0 Å². The number of tetrazole rings is 1. The molecule has 0 aliphatic rings. The van der Waals surface area contributed by atoms with E-state index >= 15 is 0 Å². The number of nitrogens with zero attached hydrogens (tertiary/aromatic N) is 4. The molecule has 0 aliphatic heterocycles. The lowest BCUT2D eigenvalue weighted by Gasteiger charge is -2.08. The van der Waals surface area contributed by atoms with Crippen LogP contribution in [0, 0.1) is 6.33 Å². The van der Waals surface area contributed by atoms with Crippen molar-refractivity contribution in [3.05, 3.63) is 6.33 Å². The highest BCUT2D eigenvalue weighted by atomic mass is 16.5. The van der Waals surface area contributed by atoms with E-state index in [1.807, 2.05) is 13.8 Å². The van der Waals surface area contributed by atoms with Gasteiger partial charge in [-0.1, -0.05) is 0 Å². The van der Waals surface area contributed by atoms with Crippen LogP contribution >= 0.6 is 0 Å². The predicted octanol–water partition coefficient (Wildman–Crippen LogP) is 0.0283. The summed E-state index contributed by atoms with van der Waals surface area (Å²) in [5.74, 6) is 0. The van der Waals surface area contributed by atoms with E-state index in [1.165, 1.54) is 4.68 Å². The molecule has 1 heterocycles. The first-order valence-electron chi connectivity index (χ1n) is 3.11. The molecule has 5 heteroatoms. The van der Waals surface area contributed by atoms with Crippen LogP contribution in [0.2, 0.25) is 0 Å². The van der Waals surface area contributed by atoms with E-state index in [0.29, 0.717) is 6.61 Å². The fourth-order valence-electron chi connectivity index (χ4n) is 0.615. The van der Waals surface area contributed by atoms with Gasteiger partial charge in [0.15, 0.2) is 6.23 Å². The number of rotatable bonds is 3. The van der Waals surface area contributed by atoms with Crippen LogP contribution in [0.25, 0.3) is 0 Å². The van der Waals surface area contributed by atoms with Crippen LogP contribution in [-0.2, 0) is 4.74 Å². The Morgan fingerprint density at radius 1 is 1.70 bits per heavy atom. The van der Waals surface area contributed by atoms with Crippen LogP contribution in [0.15, 0.2) is 0 Å². The molecule has 0 aromatic carbocycles. The Morgan fingerprint density at radius 3 is 3.00 bits per heavy atom. The van der Waals surface area contributed by atoms with Gasteiger partial charge in [-0.25, -0.2) is 0 Å². The summed E-state index contributed by atoms with van der Waals surface area (Å²) in [6.45, 7) is 4.42. The third-order valence-corrected chi connectivity index (χ3v) is 1.08. The second-order valence-electron chi connectivity index (χ2n) is 1.78. The molecule has 1 radical (unpaired) electrons. The third-order valence-electron chi connectivity index (χ3n) is 1.08. The second kappa shape index (κ2) is 3.26. The van der Waals surface area contributed by atoms with Crippen molar-refractivity contribution in [2.24, 2.45) is 0 Å². The van der Waals surface area contributed by atoms with E-state index in [4.69, 9.17) is 4.74 Å². The molecule has 1 rings (SSSR count). The van der Waals surface area contributed by atoms with Gasteiger partial charge in [0, 0.05) is 6.61 Å². The average molecular weight is 141 g/mol. The third kappa shape index (κ3) is 1.51. The minimum atomic E-state index is -0.125. The van der Waals surface area contributed by atoms with Crippen molar-refractivity contribution in [1.82, 2.24) is 20.2 Å². The summed E-state index contributed by atoms with van der Waals surface area (Å²) in [6.07, 6.45) is 2.42. The van der Waals surface area contributed by atoms with Gasteiger partial charge >= 0.3 is 0 Å². The van der Waals surface area contributed by atoms with Crippen LogP contribution < -0.4 is 0 Å². The monoisotopic (exact) mass is 141 g/mol. The summed E-state index contributed by atoms with van der Waals surface area (Å²) in [4.78, 5) is 0. The molecule has 0 saturated heterocycles. The first-order valence-corrected chi connectivity index (χ1v) is 3.11. The van der Waals surface area contributed by atoms with Crippen LogP contribution in [0.1, 0.15) is 20.1 Å². The van der Waals surface area contributed by atoms with Gasteiger partial charge < -0.3 is 4.74 Å². The van der Waals surface area contributed by atoms with Crippen molar-refractivity contribution in [2.45, 2.75) is 20.1 Å². The smallest absolute Gasteiger partial charge is 0.224 e. The molecule has 1 aromatic heterocycles. The van der Waals surface area contributed by atoms with Crippen LogP contribution in [0.3, 0.4) is 0 Å². The summed E-state index contributed by atoms with van der Waals surface area (Å²) >= 11 is 0. The van der Waals surface area contributed by atoms with Crippen LogP contribution in [0.4, 0.5) is 0 Å². The average Bonchev–Trinajstić information content (AvgIpc) is 2.38. The number of hydrogen-bond acceptors (Lipinski definition) is 4. The standard InChI is InChI=1S/C5H9N4O/c1-3-10-5(2)9-4-6-7-8-9/h5H,3H2,1-2H3. The summed E-state index contributed by atoms with van der Waals surface area (Å²) in [6, 6.07) is 0. The van der Waals surface area contributed by atoms with E-state index in [2.05, 4.69) is 21.9 Å². The number of hydrogen-bond donors (Lipinski definition) is 0. The van der Waals surface area contributed by atoms with Gasteiger partial charge in [0.2, 0.25) is 6.33 Å². The van der Waals surface area contributed by atoms with Crippen molar-refractivity contribution >= 4 is 0 Å². The fourth-order valence-corrected chi connectivity index (χ4v) is 0.615. The predicted molar refractivity (Wildman–Crippen MR) is 33.0 cm³/mol. The molecule has 0 saturated carbocycles. The van der Waals surface area contributed by atoms with Crippen LogP contribution in [0.5, 0.6) is 0 Å². The molecule has 10 heavy (non-hydrogen) atoms. The molecule has 0 amide bonds. The molecule has 1 aromatic rings. The first kappa shape index (κ1) is 7.14. The molecule has 0 N–H and O–H groups in total. The molecule has 55 valence electrons. The second-order valence-corrected chi connectivity index (χ2v) is 1.78. The minimum Gasteiger partial charge on any atom is -0.357 e. The van der Waals surface area contributed by atoms with Gasteiger partial charge in [0.05, 0.1) is 0 Å². The quantitative estimate of drug-likeness (QED) is 0.595. The van der Waals surface area contributed by atoms with E-state index in [0.717, 1.165) is 0 Å². The van der Waals surface area contributed by atoms with E-state index in [-0.39, 0.29) is 6.23 Å². The zero-order chi connectivity index (χ0) is 7.40. The lowest BCUT2D eigenvalue weighted by molar-refractivity contribution is 0.0140. The molecule has 5 nitrogen and oxygen atoms in total. The molecule has 1 atom stereocenters. The van der Waals surface area contributed by atoms with Gasteiger partial charge in [-0.2, -0.15) is 4.68 Å². The highest BCUT2D eigenvalue weighted by Gasteiger charge is 2.03. The maximum Gasteiger partial charge on any atom is 0.224 e. The normalized spacial score (nSPS) is 13.4. The Morgan fingerprint density at radius 2 is 2.50 bits per heavy atom. The molecular weight excluding hydrogens is 132 g/mol. The van der Waals surface area contributed by atoms with Gasteiger partial charge in [0.25, 0.3) is 0 Å². The van der Waals surface area contributed by atoms with Gasteiger partial charge in [-0.15, -0.1) is 5.10 Å². The van der Waals surface area contributed by atoms with E-state index in [1.54, 1.807) is 0 Å². The Kier molecular flexibility index (Phi) is 2.33. The van der Waals surface area contributed by atoms with Crippen LogP contribution in [-0.4, -0.2) is 26.8 Å². The van der Waals surface area contributed by atoms with Crippen molar-refractivity contribution in [3.63, 3.8) is 0 Å². The topological polar surface area (TPSA) is 52.8 Å². The molecular formula is C5H9N4O. The fraction of sp³-hybridized carbons (Fsp3) is 0.800. The number of ether oxygens (including phenoxy) is 1. The minimum absolute atomic E-state index is 0.125. The molecule has 0 spiro atoms. The lowest BCUT2D eigenvalue weighted by atomic mass is 10.6. The van der Waals surface area contributed by atoms with Gasteiger partial charge in [0.1, 0.15) is 0 Å². The largest absolute Gasteiger partial charge is 0.357 e. The summed E-state index contributed by atoms with van der Waals surface area (Å²) in [5, 5.41) is 10.4. The van der Waals surface area contributed by atoms with Crippen molar-refractivity contribution in [3.8, 4) is 0 Å². The zero-order valence-electron chi connectivity index (χ0n) is 5.98. The molecule has 1 unspecified atom stereocenters. The van der Waals surface area contributed by atoms with E-state index in [9.17, 15) is 0 Å². The molecule has 0 fully saturated rings. The molecule has 0 bridgehead atoms. The zero-order valence-corrected chi connectivity index (χ0v) is 5.98. The Balaban J connectivity index is 2.50. The Bertz CT molecular complexity index is 174. The highest BCUT2D eigenvalue weighted by Crippen LogP contribution is 2.00. The lowest BCUT2D eigenvalue weighted by Crippen LogP contribution is -2.09. The number of aromatic nitrogens is 4. The summed E-state index contributed by atoms with van der Waals surface area (Å²) in [7, 11) is 0. The SMILES string of the molecule is CCOC(C)n1[c]nnn1. The maximum absolute atomic E-state index is 5.18.